The van der Waals surface area contributed by atoms with Gasteiger partial charge in [-0.1, -0.05) is 67.1 Å². The maximum Gasteiger partial charge on any atom is 0.232 e. The Morgan fingerprint density at radius 2 is 1.64 bits per heavy atom. The molecule has 0 spiro atoms. The Bertz CT molecular complexity index is 540. The van der Waals surface area contributed by atoms with Crippen molar-refractivity contribution in [2.24, 2.45) is 0 Å². The van der Waals surface area contributed by atoms with Crippen molar-refractivity contribution < 1.29 is 4.74 Å². The lowest BCUT2D eigenvalue weighted by atomic mass is 10.1. The van der Waals surface area contributed by atoms with Gasteiger partial charge in [0.1, 0.15) is 0 Å². The van der Waals surface area contributed by atoms with Crippen LogP contribution in [0.5, 0.6) is 5.88 Å². The smallest absolute Gasteiger partial charge is 0.232 e. The summed E-state index contributed by atoms with van der Waals surface area (Å²) in [6.45, 7) is 2.96. The number of hydrogen-bond acceptors (Lipinski definition) is 3. The third-order valence-electron chi connectivity index (χ3n) is 3.52. The van der Waals surface area contributed by atoms with Gasteiger partial charge in [-0.15, -0.1) is 0 Å². The summed E-state index contributed by atoms with van der Waals surface area (Å²) in [7, 11) is 0. The van der Waals surface area contributed by atoms with E-state index >= 15 is 0 Å². The molecule has 4 heteroatoms. The molecule has 0 N–H and O–H groups in total. The average molecular weight is 363 g/mol. The van der Waals surface area contributed by atoms with Crippen LogP contribution in [0.4, 0.5) is 0 Å². The lowest BCUT2D eigenvalue weighted by Crippen LogP contribution is -2.00. The van der Waals surface area contributed by atoms with Crippen LogP contribution < -0.4 is 4.74 Å². The molecule has 0 saturated carbocycles. The molecule has 0 fully saturated rings. The quantitative estimate of drug-likeness (QED) is 0.541. The molecule has 0 aliphatic carbocycles. The minimum atomic E-state index is 0.606. The van der Waals surface area contributed by atoms with Crippen molar-refractivity contribution in [1.29, 1.82) is 0 Å². The second-order valence-electron chi connectivity index (χ2n) is 5.36. The first-order valence-corrected chi connectivity index (χ1v) is 8.79. The van der Waals surface area contributed by atoms with Gasteiger partial charge in [-0.2, -0.15) is 0 Å². The first-order valence-electron chi connectivity index (χ1n) is 8.00. The highest BCUT2D eigenvalue weighted by Crippen LogP contribution is 2.20. The molecule has 2 aromatic rings. The fourth-order valence-electron chi connectivity index (χ4n) is 2.22. The standard InChI is InChI=1S/C18H23BrN2O/c1-2-3-4-5-6-7-12-22-18-14-20-17(13-21-18)15-8-10-16(19)11-9-15/h8-11,13-14H,2-7,12H2,1H3. The molecule has 0 radical (unpaired) electrons. The van der Waals surface area contributed by atoms with Gasteiger partial charge in [0.25, 0.3) is 0 Å². The number of unbranched alkanes of at least 4 members (excludes halogenated alkanes) is 5. The van der Waals surface area contributed by atoms with E-state index in [0.717, 1.165) is 28.8 Å². The van der Waals surface area contributed by atoms with Gasteiger partial charge >= 0.3 is 0 Å². The molecule has 0 aliphatic rings. The summed E-state index contributed by atoms with van der Waals surface area (Å²) in [5, 5.41) is 0. The minimum Gasteiger partial charge on any atom is -0.477 e. The highest BCUT2D eigenvalue weighted by atomic mass is 79.9. The summed E-state index contributed by atoms with van der Waals surface area (Å²) >= 11 is 3.43. The normalized spacial score (nSPS) is 10.6. The molecule has 1 heterocycles. The van der Waals surface area contributed by atoms with E-state index in [1.807, 2.05) is 24.3 Å². The molecule has 2 rings (SSSR count). The fourth-order valence-corrected chi connectivity index (χ4v) is 2.48. The minimum absolute atomic E-state index is 0.606. The van der Waals surface area contributed by atoms with Crippen molar-refractivity contribution in [2.45, 2.75) is 45.4 Å². The predicted octanol–water partition coefficient (Wildman–Crippen LogP) is 5.65. The van der Waals surface area contributed by atoms with Crippen LogP contribution in [0, 0.1) is 0 Å². The molecule has 0 aliphatic heterocycles. The lowest BCUT2D eigenvalue weighted by molar-refractivity contribution is 0.292. The zero-order valence-corrected chi connectivity index (χ0v) is 14.7. The van der Waals surface area contributed by atoms with Crippen LogP contribution in [-0.4, -0.2) is 16.6 Å². The molecule has 1 aromatic carbocycles. The van der Waals surface area contributed by atoms with Crippen molar-refractivity contribution >= 4 is 15.9 Å². The number of ether oxygens (including phenoxy) is 1. The van der Waals surface area contributed by atoms with Crippen molar-refractivity contribution in [3.63, 3.8) is 0 Å². The Balaban J connectivity index is 1.74. The number of halogens is 1. The highest BCUT2D eigenvalue weighted by Gasteiger charge is 2.01. The predicted molar refractivity (Wildman–Crippen MR) is 94.0 cm³/mol. The molecule has 0 unspecified atom stereocenters. The summed E-state index contributed by atoms with van der Waals surface area (Å²) in [5.74, 6) is 0.606. The van der Waals surface area contributed by atoms with E-state index < -0.39 is 0 Å². The van der Waals surface area contributed by atoms with Crippen LogP contribution in [0.2, 0.25) is 0 Å². The number of hydrogen-bond donors (Lipinski definition) is 0. The Hall–Kier alpha value is -1.42. The topological polar surface area (TPSA) is 35.0 Å². The molecule has 0 bridgehead atoms. The second kappa shape index (κ2) is 9.57. The van der Waals surface area contributed by atoms with E-state index in [9.17, 15) is 0 Å². The van der Waals surface area contributed by atoms with Gasteiger partial charge in [0, 0.05) is 10.0 Å². The van der Waals surface area contributed by atoms with Crippen LogP contribution in [0.1, 0.15) is 45.4 Å². The molecule has 22 heavy (non-hydrogen) atoms. The Morgan fingerprint density at radius 1 is 0.909 bits per heavy atom. The van der Waals surface area contributed by atoms with E-state index in [0.29, 0.717) is 5.88 Å². The van der Waals surface area contributed by atoms with Crippen LogP contribution in [-0.2, 0) is 0 Å². The van der Waals surface area contributed by atoms with Gasteiger partial charge in [0.05, 0.1) is 24.7 Å². The highest BCUT2D eigenvalue weighted by molar-refractivity contribution is 9.10. The van der Waals surface area contributed by atoms with Crippen molar-refractivity contribution in [1.82, 2.24) is 9.97 Å². The number of nitrogens with zero attached hydrogens (tertiary/aromatic N) is 2. The second-order valence-corrected chi connectivity index (χ2v) is 6.28. The zero-order valence-electron chi connectivity index (χ0n) is 13.1. The van der Waals surface area contributed by atoms with Crippen LogP contribution in [0.15, 0.2) is 41.1 Å². The molecule has 118 valence electrons. The maximum absolute atomic E-state index is 5.64. The number of aromatic nitrogens is 2. The van der Waals surface area contributed by atoms with Crippen LogP contribution >= 0.6 is 15.9 Å². The molecule has 0 saturated heterocycles. The van der Waals surface area contributed by atoms with Crippen LogP contribution in [0.3, 0.4) is 0 Å². The lowest BCUT2D eigenvalue weighted by Gasteiger charge is -2.06. The third kappa shape index (κ3) is 5.76. The van der Waals surface area contributed by atoms with E-state index in [4.69, 9.17) is 4.74 Å². The van der Waals surface area contributed by atoms with E-state index in [1.165, 1.54) is 32.1 Å². The molecule has 1 aromatic heterocycles. The van der Waals surface area contributed by atoms with Crippen molar-refractivity contribution in [2.75, 3.05) is 6.61 Å². The van der Waals surface area contributed by atoms with Gasteiger partial charge in [0.15, 0.2) is 0 Å². The fraction of sp³-hybridized carbons (Fsp3) is 0.444. The summed E-state index contributed by atoms with van der Waals surface area (Å²) < 4.78 is 6.70. The molecule has 3 nitrogen and oxygen atoms in total. The van der Waals surface area contributed by atoms with Crippen LogP contribution in [0.25, 0.3) is 11.3 Å². The van der Waals surface area contributed by atoms with Gasteiger partial charge in [0.2, 0.25) is 5.88 Å². The summed E-state index contributed by atoms with van der Waals surface area (Å²) in [6, 6.07) is 8.04. The van der Waals surface area contributed by atoms with E-state index in [-0.39, 0.29) is 0 Å². The summed E-state index contributed by atoms with van der Waals surface area (Å²) in [4.78, 5) is 8.74. The van der Waals surface area contributed by atoms with Gasteiger partial charge in [-0.05, 0) is 18.6 Å². The van der Waals surface area contributed by atoms with E-state index in [2.05, 4.69) is 32.8 Å². The molecule has 0 atom stereocenters. The Kier molecular flexibility index (Phi) is 7.37. The third-order valence-corrected chi connectivity index (χ3v) is 4.04. The van der Waals surface area contributed by atoms with Crippen molar-refractivity contribution in [3.8, 4) is 17.1 Å². The average Bonchev–Trinajstić information content (AvgIpc) is 2.55. The van der Waals surface area contributed by atoms with Gasteiger partial charge < -0.3 is 4.74 Å². The monoisotopic (exact) mass is 362 g/mol. The van der Waals surface area contributed by atoms with Gasteiger partial charge in [-0.3, -0.25) is 0 Å². The summed E-state index contributed by atoms with van der Waals surface area (Å²) in [5.41, 5.74) is 1.91. The Morgan fingerprint density at radius 3 is 2.32 bits per heavy atom. The number of benzene rings is 1. The summed E-state index contributed by atoms with van der Waals surface area (Å²) in [6.07, 6.45) is 11.0. The van der Waals surface area contributed by atoms with Crippen molar-refractivity contribution in [3.05, 3.63) is 41.1 Å². The van der Waals surface area contributed by atoms with Gasteiger partial charge in [-0.25, -0.2) is 9.97 Å². The largest absolute Gasteiger partial charge is 0.477 e. The molecular formula is C18H23BrN2O. The van der Waals surface area contributed by atoms with E-state index in [1.54, 1.807) is 12.4 Å². The maximum atomic E-state index is 5.64. The SMILES string of the molecule is CCCCCCCCOc1cnc(-c2ccc(Br)cc2)cn1. The molecule has 0 amide bonds. The first kappa shape index (κ1) is 16.9. The Labute approximate surface area is 141 Å². The zero-order chi connectivity index (χ0) is 15.6. The first-order chi connectivity index (χ1) is 10.8. The number of rotatable bonds is 9. The molecular weight excluding hydrogens is 340 g/mol.